The molecule has 1 atom stereocenters. The van der Waals surface area contributed by atoms with Crippen molar-refractivity contribution in [1.82, 2.24) is 0 Å². The van der Waals surface area contributed by atoms with Gasteiger partial charge in [-0.2, -0.15) is 0 Å². The second-order valence-corrected chi connectivity index (χ2v) is 4.81. The number of benzene rings is 2. The van der Waals surface area contributed by atoms with Gasteiger partial charge in [0.1, 0.15) is 0 Å². The van der Waals surface area contributed by atoms with Gasteiger partial charge in [0.15, 0.2) is 5.78 Å². The molecule has 20 heavy (non-hydrogen) atoms. The number of Topliss-reactive ketones (excluding diaryl/α,β-unsaturated/α-hetero) is 1. The van der Waals surface area contributed by atoms with Gasteiger partial charge < -0.3 is 5.11 Å². The van der Waals surface area contributed by atoms with Gasteiger partial charge in [-0.3, -0.25) is 9.59 Å². The maximum Gasteiger partial charge on any atom is 0.306 e. The highest BCUT2D eigenvalue weighted by Gasteiger charge is 2.16. The summed E-state index contributed by atoms with van der Waals surface area (Å²) in [7, 11) is 0. The minimum absolute atomic E-state index is 0.0278. The lowest BCUT2D eigenvalue weighted by Gasteiger charge is -2.06. The Hall–Kier alpha value is -2.42. The van der Waals surface area contributed by atoms with Crippen molar-refractivity contribution >= 4 is 11.8 Å². The largest absolute Gasteiger partial charge is 0.481 e. The zero-order valence-corrected chi connectivity index (χ0v) is 11.2. The number of hydrogen-bond donors (Lipinski definition) is 1. The van der Waals surface area contributed by atoms with E-state index in [1.807, 2.05) is 42.5 Å². The first-order chi connectivity index (χ1) is 9.58. The molecule has 0 radical (unpaired) electrons. The minimum Gasteiger partial charge on any atom is -0.481 e. The summed E-state index contributed by atoms with van der Waals surface area (Å²) >= 11 is 0. The molecule has 2 aromatic carbocycles. The van der Waals surface area contributed by atoms with Crippen LogP contribution in [0.4, 0.5) is 0 Å². The third-order valence-electron chi connectivity index (χ3n) is 3.23. The van der Waals surface area contributed by atoms with Crippen LogP contribution in [0.15, 0.2) is 54.6 Å². The summed E-state index contributed by atoms with van der Waals surface area (Å²) in [6, 6.07) is 17.1. The molecule has 0 saturated carbocycles. The van der Waals surface area contributed by atoms with Crippen LogP contribution in [0.5, 0.6) is 0 Å². The Morgan fingerprint density at radius 1 is 0.950 bits per heavy atom. The van der Waals surface area contributed by atoms with E-state index in [0.29, 0.717) is 5.56 Å². The van der Waals surface area contributed by atoms with Gasteiger partial charge in [-0.05, 0) is 11.1 Å². The second kappa shape index (κ2) is 6.15. The van der Waals surface area contributed by atoms with Crippen molar-refractivity contribution in [3.8, 4) is 11.1 Å². The normalized spacial score (nSPS) is 11.8. The molecule has 3 heteroatoms. The molecule has 102 valence electrons. The van der Waals surface area contributed by atoms with E-state index in [0.717, 1.165) is 11.1 Å². The molecule has 0 amide bonds. The molecule has 0 bridgehead atoms. The first-order valence-electron chi connectivity index (χ1n) is 6.49. The Bertz CT molecular complexity index is 600. The van der Waals surface area contributed by atoms with Crippen LogP contribution in [0.2, 0.25) is 0 Å². The number of carbonyl (C=O) groups is 2. The number of carboxylic acid groups (broad SMARTS) is 1. The maximum absolute atomic E-state index is 11.9. The zero-order chi connectivity index (χ0) is 14.5. The van der Waals surface area contributed by atoms with Crippen molar-refractivity contribution in [3.05, 3.63) is 60.2 Å². The summed E-state index contributed by atoms with van der Waals surface area (Å²) in [5.41, 5.74) is 2.68. The number of rotatable bonds is 5. The van der Waals surface area contributed by atoms with Gasteiger partial charge >= 0.3 is 5.97 Å². The van der Waals surface area contributed by atoms with Gasteiger partial charge in [0.25, 0.3) is 0 Å². The Balaban J connectivity index is 2.12. The predicted molar refractivity (Wildman–Crippen MR) is 77.6 cm³/mol. The van der Waals surface area contributed by atoms with E-state index in [9.17, 15) is 9.59 Å². The maximum atomic E-state index is 11.9. The molecular weight excluding hydrogens is 252 g/mol. The van der Waals surface area contributed by atoms with Crippen LogP contribution < -0.4 is 0 Å². The molecule has 2 rings (SSSR count). The summed E-state index contributed by atoms with van der Waals surface area (Å²) in [5, 5.41) is 8.82. The van der Waals surface area contributed by atoms with Crippen LogP contribution in [-0.4, -0.2) is 16.9 Å². The number of carbonyl (C=O) groups excluding carboxylic acids is 1. The quantitative estimate of drug-likeness (QED) is 0.842. The van der Waals surface area contributed by atoms with Crippen LogP contribution in [0.3, 0.4) is 0 Å². The van der Waals surface area contributed by atoms with Crippen molar-refractivity contribution in [3.63, 3.8) is 0 Å². The minimum atomic E-state index is -0.945. The second-order valence-electron chi connectivity index (χ2n) is 4.81. The third-order valence-corrected chi connectivity index (χ3v) is 3.23. The summed E-state index contributed by atoms with van der Waals surface area (Å²) in [5.74, 6) is -1.74. The van der Waals surface area contributed by atoms with E-state index in [1.54, 1.807) is 19.1 Å². The van der Waals surface area contributed by atoms with Gasteiger partial charge in [0, 0.05) is 12.0 Å². The van der Waals surface area contributed by atoms with Crippen LogP contribution in [0.1, 0.15) is 23.7 Å². The standard InChI is InChI=1S/C17H16O3/c1-12(17(19)20)11-16(18)15-9-7-14(8-10-15)13-5-3-2-4-6-13/h2-10,12H,11H2,1H3,(H,19,20)/t12-/m1/s1. The average molecular weight is 268 g/mol. The number of aliphatic carboxylic acids is 1. The molecular formula is C17H16O3. The highest BCUT2D eigenvalue weighted by atomic mass is 16.4. The number of carboxylic acids is 1. The van der Waals surface area contributed by atoms with Crippen molar-refractivity contribution in [1.29, 1.82) is 0 Å². The molecule has 3 nitrogen and oxygen atoms in total. The SMILES string of the molecule is C[C@H](CC(=O)c1ccc(-c2ccccc2)cc1)C(=O)O. The molecule has 0 unspecified atom stereocenters. The third kappa shape index (κ3) is 3.32. The summed E-state index contributed by atoms with van der Waals surface area (Å²) in [4.78, 5) is 22.7. The number of hydrogen-bond acceptors (Lipinski definition) is 2. The Morgan fingerprint density at radius 2 is 1.50 bits per heavy atom. The van der Waals surface area contributed by atoms with Crippen LogP contribution in [0.25, 0.3) is 11.1 Å². The van der Waals surface area contributed by atoms with Gasteiger partial charge in [0.2, 0.25) is 0 Å². The van der Waals surface area contributed by atoms with E-state index in [4.69, 9.17) is 5.11 Å². The van der Waals surface area contributed by atoms with E-state index < -0.39 is 11.9 Å². The Kier molecular flexibility index (Phi) is 4.31. The lowest BCUT2D eigenvalue weighted by Crippen LogP contribution is -2.14. The molecule has 0 aliphatic rings. The van der Waals surface area contributed by atoms with Crippen LogP contribution in [-0.2, 0) is 4.79 Å². The zero-order valence-electron chi connectivity index (χ0n) is 11.2. The Morgan fingerprint density at radius 3 is 2.05 bits per heavy atom. The smallest absolute Gasteiger partial charge is 0.306 e. The molecule has 0 heterocycles. The first-order valence-corrected chi connectivity index (χ1v) is 6.49. The van der Waals surface area contributed by atoms with Crippen molar-refractivity contribution in [2.45, 2.75) is 13.3 Å². The molecule has 0 saturated heterocycles. The lowest BCUT2D eigenvalue weighted by atomic mass is 9.97. The van der Waals surface area contributed by atoms with Gasteiger partial charge in [-0.1, -0.05) is 61.5 Å². The van der Waals surface area contributed by atoms with Crippen molar-refractivity contribution < 1.29 is 14.7 Å². The molecule has 0 aliphatic carbocycles. The topological polar surface area (TPSA) is 54.4 Å². The fourth-order valence-electron chi connectivity index (χ4n) is 1.96. The first kappa shape index (κ1) is 14.0. The van der Waals surface area contributed by atoms with Crippen LogP contribution >= 0.6 is 0 Å². The van der Waals surface area contributed by atoms with E-state index in [2.05, 4.69) is 0 Å². The van der Waals surface area contributed by atoms with E-state index in [1.165, 1.54) is 0 Å². The average Bonchev–Trinajstić information content (AvgIpc) is 2.48. The monoisotopic (exact) mass is 268 g/mol. The Labute approximate surface area is 117 Å². The van der Waals surface area contributed by atoms with Crippen molar-refractivity contribution in [2.75, 3.05) is 0 Å². The lowest BCUT2D eigenvalue weighted by molar-refractivity contribution is -0.141. The fraction of sp³-hybridized carbons (Fsp3) is 0.176. The molecule has 2 aromatic rings. The van der Waals surface area contributed by atoms with E-state index in [-0.39, 0.29) is 12.2 Å². The molecule has 0 spiro atoms. The van der Waals surface area contributed by atoms with E-state index >= 15 is 0 Å². The molecule has 0 fully saturated rings. The molecule has 0 aliphatic heterocycles. The van der Waals surface area contributed by atoms with Gasteiger partial charge in [-0.25, -0.2) is 0 Å². The number of ketones is 1. The van der Waals surface area contributed by atoms with Gasteiger partial charge in [0.05, 0.1) is 5.92 Å². The molecule has 1 N–H and O–H groups in total. The summed E-state index contributed by atoms with van der Waals surface area (Å²) < 4.78 is 0. The van der Waals surface area contributed by atoms with Gasteiger partial charge in [-0.15, -0.1) is 0 Å². The fourth-order valence-corrected chi connectivity index (χ4v) is 1.96. The highest BCUT2D eigenvalue weighted by Crippen LogP contribution is 2.20. The van der Waals surface area contributed by atoms with Crippen molar-refractivity contribution in [2.24, 2.45) is 5.92 Å². The highest BCUT2D eigenvalue weighted by molar-refractivity contribution is 5.98. The predicted octanol–water partition coefficient (Wildman–Crippen LogP) is 3.65. The molecule has 0 aromatic heterocycles. The summed E-state index contributed by atoms with van der Waals surface area (Å²) in [6.07, 6.45) is 0.0278. The summed E-state index contributed by atoms with van der Waals surface area (Å²) in [6.45, 7) is 1.54. The van der Waals surface area contributed by atoms with Crippen LogP contribution in [0, 0.1) is 5.92 Å².